The summed E-state index contributed by atoms with van der Waals surface area (Å²) >= 11 is 0. The van der Waals surface area contributed by atoms with Crippen LogP contribution in [0.5, 0.6) is 0 Å². The van der Waals surface area contributed by atoms with E-state index in [0.29, 0.717) is 17.7 Å². The third-order valence-corrected chi connectivity index (χ3v) is 4.88. The Morgan fingerprint density at radius 3 is 2.52 bits per heavy atom. The van der Waals surface area contributed by atoms with Gasteiger partial charge in [-0.1, -0.05) is 48.9 Å². The fraction of sp³-hybridized carbons (Fsp3) is 0.208. The summed E-state index contributed by atoms with van der Waals surface area (Å²) in [7, 11) is 0. The van der Waals surface area contributed by atoms with E-state index in [1.54, 1.807) is 24.4 Å². The summed E-state index contributed by atoms with van der Waals surface area (Å²) in [4.78, 5) is 20.9. The second-order valence-corrected chi connectivity index (χ2v) is 7.04. The molecule has 2 aromatic carbocycles. The maximum absolute atomic E-state index is 13.1. The fourth-order valence-corrected chi connectivity index (χ4v) is 3.28. The molecule has 0 bridgehead atoms. The quantitative estimate of drug-likeness (QED) is 0.274. The van der Waals surface area contributed by atoms with Gasteiger partial charge < -0.3 is 4.42 Å². The molecule has 4 rings (SSSR count). The van der Waals surface area contributed by atoms with Crippen LogP contribution in [0.3, 0.4) is 0 Å². The number of carbonyl (C=O) groups is 1. The topological polar surface area (TPSA) is 56.0 Å². The maximum atomic E-state index is 13.1. The number of unbranched alkanes of at least 4 members (excludes halogenated alkanes) is 2. The number of halogens is 1. The van der Waals surface area contributed by atoms with Crippen molar-refractivity contribution in [2.45, 2.75) is 32.1 Å². The Kier molecular flexibility index (Phi) is 5.75. The van der Waals surface area contributed by atoms with E-state index in [9.17, 15) is 9.18 Å². The minimum atomic E-state index is -0.292. The largest absolute Gasteiger partial charge is 0.432 e. The number of aryl methyl sites for hydroxylation is 1. The SMILES string of the molecule is O=C(CCCCCc1ccccc1)c1nc2ncc(-c3ccc(F)cc3)cc2o1. The molecule has 0 radical (unpaired) electrons. The Bertz CT molecular complexity index is 1100. The molecular weight excluding hydrogens is 367 g/mol. The Balaban J connectivity index is 1.35. The van der Waals surface area contributed by atoms with Crippen molar-refractivity contribution in [3.63, 3.8) is 0 Å². The van der Waals surface area contributed by atoms with Crippen LogP contribution >= 0.6 is 0 Å². The number of nitrogens with zero attached hydrogens (tertiary/aromatic N) is 2. The van der Waals surface area contributed by atoms with Gasteiger partial charge in [0.1, 0.15) is 5.82 Å². The van der Waals surface area contributed by atoms with E-state index in [-0.39, 0.29) is 17.5 Å². The van der Waals surface area contributed by atoms with Crippen LogP contribution < -0.4 is 0 Å². The van der Waals surface area contributed by atoms with Gasteiger partial charge >= 0.3 is 0 Å². The first-order valence-corrected chi connectivity index (χ1v) is 9.79. The van der Waals surface area contributed by atoms with Gasteiger partial charge in [0, 0.05) is 18.2 Å². The van der Waals surface area contributed by atoms with Crippen LogP contribution in [0.1, 0.15) is 41.9 Å². The van der Waals surface area contributed by atoms with Crippen molar-refractivity contribution in [2.75, 3.05) is 0 Å². The highest BCUT2D eigenvalue weighted by Gasteiger charge is 2.15. The van der Waals surface area contributed by atoms with Crippen LogP contribution in [0.4, 0.5) is 4.39 Å². The average Bonchev–Trinajstić information content (AvgIpc) is 3.18. The molecule has 0 saturated carbocycles. The van der Waals surface area contributed by atoms with Gasteiger partial charge in [-0.15, -0.1) is 0 Å². The summed E-state index contributed by atoms with van der Waals surface area (Å²) < 4.78 is 18.7. The normalized spacial score (nSPS) is 11.1. The smallest absolute Gasteiger partial charge is 0.265 e. The molecule has 0 unspecified atom stereocenters. The van der Waals surface area contributed by atoms with E-state index in [1.165, 1.54) is 17.7 Å². The Labute approximate surface area is 168 Å². The van der Waals surface area contributed by atoms with Crippen molar-refractivity contribution in [1.29, 1.82) is 0 Å². The van der Waals surface area contributed by atoms with Gasteiger partial charge in [-0.05, 0) is 48.6 Å². The molecule has 4 nitrogen and oxygen atoms in total. The van der Waals surface area contributed by atoms with Crippen LogP contribution in [0.2, 0.25) is 0 Å². The van der Waals surface area contributed by atoms with E-state index in [2.05, 4.69) is 22.1 Å². The van der Waals surface area contributed by atoms with Gasteiger partial charge in [-0.3, -0.25) is 4.79 Å². The number of aromatic nitrogens is 2. The zero-order valence-corrected chi connectivity index (χ0v) is 16.0. The van der Waals surface area contributed by atoms with Gasteiger partial charge in [0.15, 0.2) is 11.2 Å². The number of oxazole rings is 1. The fourth-order valence-electron chi connectivity index (χ4n) is 3.28. The highest BCUT2D eigenvalue weighted by Crippen LogP contribution is 2.24. The first kappa shape index (κ1) is 19.0. The lowest BCUT2D eigenvalue weighted by molar-refractivity contribution is 0.0947. The van der Waals surface area contributed by atoms with Crippen LogP contribution in [0.15, 0.2) is 71.3 Å². The minimum absolute atomic E-state index is 0.104. The minimum Gasteiger partial charge on any atom is -0.432 e. The lowest BCUT2D eigenvalue weighted by Crippen LogP contribution is -1.99. The number of hydrogen-bond acceptors (Lipinski definition) is 4. The highest BCUT2D eigenvalue weighted by molar-refractivity contribution is 5.93. The molecule has 0 fully saturated rings. The summed E-state index contributed by atoms with van der Waals surface area (Å²) in [6.45, 7) is 0. The van der Waals surface area contributed by atoms with Crippen molar-refractivity contribution in [3.05, 3.63) is 84.1 Å². The second kappa shape index (κ2) is 8.78. The molecule has 0 atom stereocenters. The number of ketones is 1. The molecule has 4 aromatic rings. The van der Waals surface area contributed by atoms with Gasteiger partial charge in [0.05, 0.1) is 0 Å². The molecule has 2 heterocycles. The highest BCUT2D eigenvalue weighted by atomic mass is 19.1. The zero-order valence-electron chi connectivity index (χ0n) is 16.0. The number of carbonyl (C=O) groups excluding carboxylic acids is 1. The molecule has 0 aliphatic rings. The number of Topliss-reactive ketones (excluding diaryl/α,β-unsaturated/α-hetero) is 1. The molecule has 0 amide bonds. The summed E-state index contributed by atoms with van der Waals surface area (Å²) in [6.07, 6.45) is 5.91. The second-order valence-electron chi connectivity index (χ2n) is 7.04. The summed E-state index contributed by atoms with van der Waals surface area (Å²) in [5.74, 6) is -0.294. The van der Waals surface area contributed by atoms with Crippen molar-refractivity contribution in [2.24, 2.45) is 0 Å². The van der Waals surface area contributed by atoms with Crippen molar-refractivity contribution in [1.82, 2.24) is 9.97 Å². The van der Waals surface area contributed by atoms with Gasteiger partial charge in [-0.2, -0.15) is 4.98 Å². The molecule has 0 aliphatic heterocycles. The number of rotatable bonds is 8. The lowest BCUT2D eigenvalue weighted by Gasteiger charge is -2.01. The molecule has 146 valence electrons. The van der Waals surface area contributed by atoms with Crippen LogP contribution in [-0.4, -0.2) is 15.8 Å². The molecule has 0 spiro atoms. The Morgan fingerprint density at radius 1 is 0.931 bits per heavy atom. The van der Waals surface area contributed by atoms with Crippen LogP contribution in [-0.2, 0) is 6.42 Å². The van der Waals surface area contributed by atoms with Gasteiger partial charge in [0.25, 0.3) is 5.89 Å². The Hall–Kier alpha value is -3.34. The third-order valence-electron chi connectivity index (χ3n) is 4.88. The number of fused-ring (bicyclic) bond motifs is 1. The number of pyridine rings is 1. The molecule has 5 heteroatoms. The summed E-state index contributed by atoms with van der Waals surface area (Å²) in [5, 5.41) is 0. The molecule has 29 heavy (non-hydrogen) atoms. The van der Waals surface area contributed by atoms with E-state index >= 15 is 0 Å². The van der Waals surface area contributed by atoms with Gasteiger partial charge in [-0.25, -0.2) is 9.37 Å². The number of benzene rings is 2. The predicted molar refractivity (Wildman–Crippen MR) is 110 cm³/mol. The monoisotopic (exact) mass is 388 g/mol. The average molecular weight is 388 g/mol. The number of hydrogen-bond donors (Lipinski definition) is 0. The standard InChI is InChI=1S/C24H21FN2O2/c25-20-13-11-18(12-14-20)19-15-22-23(26-16-19)27-24(29-22)21(28)10-6-2-5-9-17-7-3-1-4-8-17/h1,3-4,7-8,11-16H,2,5-6,9-10H2. The summed E-state index contributed by atoms with van der Waals surface area (Å²) in [6, 6.07) is 18.3. The van der Waals surface area contributed by atoms with Crippen LogP contribution in [0.25, 0.3) is 22.4 Å². The van der Waals surface area contributed by atoms with Crippen molar-refractivity contribution in [3.8, 4) is 11.1 Å². The zero-order chi connectivity index (χ0) is 20.1. The molecular formula is C24H21FN2O2. The molecule has 0 saturated heterocycles. The van der Waals surface area contributed by atoms with E-state index in [0.717, 1.165) is 36.8 Å². The predicted octanol–water partition coefficient (Wildman–Crippen LogP) is 6.01. The van der Waals surface area contributed by atoms with E-state index < -0.39 is 0 Å². The van der Waals surface area contributed by atoms with Crippen LogP contribution in [0, 0.1) is 5.82 Å². The molecule has 2 aromatic heterocycles. The lowest BCUT2D eigenvalue weighted by atomic mass is 10.1. The molecule has 0 N–H and O–H groups in total. The van der Waals surface area contributed by atoms with Gasteiger partial charge in [0.2, 0.25) is 5.78 Å². The van der Waals surface area contributed by atoms with E-state index in [4.69, 9.17) is 4.42 Å². The van der Waals surface area contributed by atoms with Crippen molar-refractivity contribution < 1.29 is 13.6 Å². The van der Waals surface area contributed by atoms with Crippen molar-refractivity contribution >= 4 is 17.0 Å². The summed E-state index contributed by atoms with van der Waals surface area (Å²) in [5.41, 5.74) is 3.79. The molecule has 0 aliphatic carbocycles. The first-order valence-electron chi connectivity index (χ1n) is 9.79. The maximum Gasteiger partial charge on any atom is 0.265 e. The van der Waals surface area contributed by atoms with E-state index in [1.807, 2.05) is 18.2 Å². The first-order chi connectivity index (χ1) is 14.2. The Morgan fingerprint density at radius 2 is 1.72 bits per heavy atom. The third kappa shape index (κ3) is 4.74.